The van der Waals surface area contributed by atoms with Crippen molar-refractivity contribution >= 4 is 43.6 Å². The molecular formula is C11H12N2O3S3. The van der Waals surface area contributed by atoms with Gasteiger partial charge >= 0.3 is 0 Å². The predicted octanol–water partition coefficient (Wildman–Crippen LogP) is 2.27. The van der Waals surface area contributed by atoms with Gasteiger partial charge in [-0.2, -0.15) is 0 Å². The van der Waals surface area contributed by atoms with E-state index in [0.29, 0.717) is 6.42 Å². The van der Waals surface area contributed by atoms with Crippen LogP contribution in [0.5, 0.6) is 0 Å². The van der Waals surface area contributed by atoms with E-state index in [2.05, 4.69) is 4.72 Å². The van der Waals surface area contributed by atoms with Gasteiger partial charge in [0.2, 0.25) is 0 Å². The van der Waals surface area contributed by atoms with Gasteiger partial charge in [0, 0.05) is 4.88 Å². The molecule has 0 bridgehead atoms. The lowest BCUT2D eigenvalue weighted by molar-refractivity contribution is 0.100. The van der Waals surface area contributed by atoms with E-state index in [-0.39, 0.29) is 14.8 Å². The van der Waals surface area contributed by atoms with E-state index in [0.717, 1.165) is 16.2 Å². The van der Waals surface area contributed by atoms with Crippen LogP contribution in [0.3, 0.4) is 0 Å². The summed E-state index contributed by atoms with van der Waals surface area (Å²) in [5.41, 5.74) is 5.47. The molecule has 102 valence electrons. The third-order valence-electron chi connectivity index (χ3n) is 2.38. The van der Waals surface area contributed by atoms with Gasteiger partial charge in [0.25, 0.3) is 15.9 Å². The number of primary amides is 1. The van der Waals surface area contributed by atoms with Crippen molar-refractivity contribution in [3.63, 3.8) is 0 Å². The summed E-state index contributed by atoms with van der Waals surface area (Å²) in [7, 11) is -3.65. The molecule has 0 aliphatic carbocycles. The highest BCUT2D eigenvalue weighted by molar-refractivity contribution is 7.94. The van der Waals surface area contributed by atoms with Crippen molar-refractivity contribution in [3.8, 4) is 0 Å². The Morgan fingerprint density at radius 3 is 2.74 bits per heavy atom. The van der Waals surface area contributed by atoms with E-state index >= 15 is 0 Å². The van der Waals surface area contributed by atoms with E-state index in [1.165, 1.54) is 17.4 Å². The van der Waals surface area contributed by atoms with Gasteiger partial charge in [-0.3, -0.25) is 9.52 Å². The normalized spacial score (nSPS) is 11.4. The maximum Gasteiger partial charge on any atom is 0.272 e. The SMILES string of the molecule is CCc1cc(C(N)=O)c(NS(=O)(=O)c2cccs2)s1. The van der Waals surface area contributed by atoms with Crippen LogP contribution in [0.25, 0.3) is 0 Å². The second-order valence-electron chi connectivity index (χ2n) is 3.71. The number of thiophene rings is 2. The highest BCUT2D eigenvalue weighted by Gasteiger charge is 2.20. The summed E-state index contributed by atoms with van der Waals surface area (Å²) < 4.78 is 26.8. The van der Waals surface area contributed by atoms with Crippen molar-refractivity contribution < 1.29 is 13.2 Å². The van der Waals surface area contributed by atoms with Crippen LogP contribution in [-0.2, 0) is 16.4 Å². The molecule has 2 rings (SSSR count). The predicted molar refractivity (Wildman–Crippen MR) is 77.3 cm³/mol. The molecule has 0 aromatic carbocycles. The van der Waals surface area contributed by atoms with Crippen LogP contribution in [0.2, 0.25) is 0 Å². The van der Waals surface area contributed by atoms with Crippen LogP contribution >= 0.6 is 22.7 Å². The number of nitrogens with one attached hydrogen (secondary N) is 1. The van der Waals surface area contributed by atoms with Gasteiger partial charge in [0.1, 0.15) is 9.21 Å². The molecule has 1 amide bonds. The molecule has 0 aliphatic rings. The van der Waals surface area contributed by atoms with E-state index in [1.54, 1.807) is 17.5 Å². The lowest BCUT2D eigenvalue weighted by Gasteiger charge is -2.05. The fourth-order valence-electron chi connectivity index (χ4n) is 1.46. The molecule has 2 heterocycles. The molecule has 0 spiro atoms. The van der Waals surface area contributed by atoms with Gasteiger partial charge in [0.15, 0.2) is 0 Å². The van der Waals surface area contributed by atoms with E-state index in [4.69, 9.17) is 5.73 Å². The number of anilines is 1. The minimum atomic E-state index is -3.65. The third kappa shape index (κ3) is 2.96. The van der Waals surface area contributed by atoms with E-state index in [1.807, 2.05) is 6.92 Å². The molecule has 3 N–H and O–H groups in total. The Morgan fingerprint density at radius 2 is 2.21 bits per heavy atom. The van der Waals surface area contributed by atoms with Crippen LogP contribution in [-0.4, -0.2) is 14.3 Å². The zero-order valence-electron chi connectivity index (χ0n) is 10.0. The number of aryl methyl sites for hydroxylation is 1. The molecule has 8 heteroatoms. The lowest BCUT2D eigenvalue weighted by Crippen LogP contribution is -2.16. The zero-order valence-corrected chi connectivity index (χ0v) is 12.5. The van der Waals surface area contributed by atoms with Crippen LogP contribution in [0, 0.1) is 0 Å². The number of carbonyl (C=O) groups excluding carboxylic acids is 1. The summed E-state index contributed by atoms with van der Waals surface area (Å²) in [6.45, 7) is 1.92. The second-order valence-corrected chi connectivity index (χ2v) is 7.70. The smallest absolute Gasteiger partial charge is 0.272 e. The fraction of sp³-hybridized carbons (Fsp3) is 0.182. The Balaban J connectivity index is 2.38. The maximum atomic E-state index is 12.1. The van der Waals surface area contributed by atoms with Crippen LogP contribution < -0.4 is 10.5 Å². The molecule has 2 aromatic heterocycles. The van der Waals surface area contributed by atoms with Crippen molar-refractivity contribution in [2.75, 3.05) is 4.72 Å². The Hall–Kier alpha value is -1.38. The number of rotatable bonds is 5. The first-order valence-corrected chi connectivity index (χ1v) is 8.61. The summed E-state index contributed by atoms with van der Waals surface area (Å²) in [5.74, 6) is -0.639. The number of sulfonamides is 1. The summed E-state index contributed by atoms with van der Waals surface area (Å²) in [6.07, 6.45) is 0.714. The number of hydrogen-bond donors (Lipinski definition) is 2. The average Bonchev–Trinajstić information content (AvgIpc) is 2.96. The van der Waals surface area contributed by atoms with Crippen molar-refractivity contribution in [2.24, 2.45) is 5.73 Å². The molecule has 0 fully saturated rings. The van der Waals surface area contributed by atoms with Gasteiger partial charge in [-0.25, -0.2) is 8.42 Å². The van der Waals surface area contributed by atoms with Crippen molar-refractivity contribution in [3.05, 3.63) is 34.0 Å². The number of amides is 1. The molecule has 0 aliphatic heterocycles. The summed E-state index contributed by atoms with van der Waals surface area (Å²) in [4.78, 5) is 12.2. The zero-order chi connectivity index (χ0) is 14.0. The molecule has 5 nitrogen and oxygen atoms in total. The molecule has 0 saturated heterocycles. The number of nitrogens with two attached hydrogens (primary N) is 1. The minimum Gasteiger partial charge on any atom is -0.366 e. The minimum absolute atomic E-state index is 0.203. The van der Waals surface area contributed by atoms with Crippen molar-refractivity contribution in [1.82, 2.24) is 0 Å². The first-order chi connectivity index (χ1) is 8.94. The first kappa shape index (κ1) is 14.0. The highest BCUT2D eigenvalue weighted by atomic mass is 32.2. The largest absolute Gasteiger partial charge is 0.366 e. The molecule has 0 unspecified atom stereocenters. The topological polar surface area (TPSA) is 89.3 Å². The molecule has 0 atom stereocenters. The Labute approximate surface area is 119 Å². The molecule has 0 radical (unpaired) electrons. The lowest BCUT2D eigenvalue weighted by atomic mass is 10.2. The quantitative estimate of drug-likeness (QED) is 0.886. The van der Waals surface area contributed by atoms with Gasteiger partial charge in [-0.15, -0.1) is 22.7 Å². The average molecular weight is 316 g/mol. The van der Waals surface area contributed by atoms with Gasteiger partial charge < -0.3 is 5.73 Å². The highest BCUT2D eigenvalue weighted by Crippen LogP contribution is 2.31. The maximum absolute atomic E-state index is 12.1. The van der Waals surface area contributed by atoms with Gasteiger partial charge in [0.05, 0.1) is 5.56 Å². The molecule has 2 aromatic rings. The second kappa shape index (κ2) is 5.32. The molecule has 0 saturated carbocycles. The Morgan fingerprint density at radius 1 is 1.47 bits per heavy atom. The third-order valence-corrected chi connectivity index (χ3v) is 6.46. The van der Waals surface area contributed by atoms with E-state index in [9.17, 15) is 13.2 Å². The van der Waals surface area contributed by atoms with Crippen LogP contribution in [0.1, 0.15) is 22.2 Å². The summed E-state index contributed by atoms with van der Waals surface area (Å²) in [5, 5.41) is 1.95. The van der Waals surface area contributed by atoms with Crippen LogP contribution in [0.4, 0.5) is 5.00 Å². The Kier molecular flexibility index (Phi) is 3.93. The standard InChI is InChI=1S/C11H12N2O3S3/c1-2-7-6-8(10(12)14)11(18-7)13-19(15,16)9-4-3-5-17-9/h3-6,13H,2H2,1H3,(H2,12,14). The van der Waals surface area contributed by atoms with Gasteiger partial charge in [-0.05, 0) is 23.9 Å². The Bertz CT molecular complexity index is 687. The van der Waals surface area contributed by atoms with Gasteiger partial charge in [-0.1, -0.05) is 13.0 Å². The molecular weight excluding hydrogens is 304 g/mol. The van der Waals surface area contributed by atoms with Crippen molar-refractivity contribution in [2.45, 2.75) is 17.6 Å². The summed E-state index contributed by atoms with van der Waals surface area (Å²) in [6, 6.07) is 4.78. The monoisotopic (exact) mass is 316 g/mol. The number of carbonyl (C=O) groups is 1. The first-order valence-electron chi connectivity index (χ1n) is 5.43. The van der Waals surface area contributed by atoms with E-state index < -0.39 is 15.9 Å². The van der Waals surface area contributed by atoms with Crippen LogP contribution in [0.15, 0.2) is 27.8 Å². The fourth-order valence-corrected chi connectivity index (χ4v) is 4.77. The summed E-state index contributed by atoms with van der Waals surface area (Å²) >= 11 is 2.34. The number of hydrogen-bond acceptors (Lipinski definition) is 5. The molecule has 19 heavy (non-hydrogen) atoms. The van der Waals surface area contributed by atoms with Crippen molar-refractivity contribution in [1.29, 1.82) is 0 Å².